The molecule has 10 aromatic carbocycles. The van der Waals surface area contributed by atoms with Gasteiger partial charge in [0.1, 0.15) is 11.5 Å². The maximum atomic E-state index is 10.0. The summed E-state index contributed by atoms with van der Waals surface area (Å²) in [7, 11) is 0. The van der Waals surface area contributed by atoms with E-state index in [-0.39, 0.29) is 11.1 Å². The Morgan fingerprint density at radius 3 is 1.42 bits per heavy atom. The minimum absolute atomic E-state index is 0.155. The molecular formula is C64H40N2O. The van der Waals surface area contributed by atoms with Crippen LogP contribution in [0.4, 0.5) is 0 Å². The minimum Gasteiger partial charge on any atom is -0.455 e. The largest absolute Gasteiger partial charge is 0.455 e. The van der Waals surface area contributed by atoms with E-state index < -0.39 is 241 Å². The molecule has 0 saturated carbocycles. The summed E-state index contributed by atoms with van der Waals surface area (Å²) in [6.07, 6.45) is 1.66. The second-order valence-corrected chi connectivity index (χ2v) is 15.1. The lowest BCUT2D eigenvalue weighted by Gasteiger charge is -2.17. The van der Waals surface area contributed by atoms with Gasteiger partial charge in [0.2, 0.25) is 0 Å². The minimum atomic E-state index is -1.12. The molecule has 0 amide bonds. The molecule has 0 radical (unpaired) electrons. The SMILES string of the molecule is [2H]c1c([2H])c([2H])c(-c2c(-c3c([2H])c([2H])c(-c4ccc(-c5ccc6ccc7cccnc7c6n5)c5ccccc45)c([2H])c3[2H])oc(-c3c4c([2H])c([2H])c([2H])c([2H])c4c(-c4c([2H])c([2H])c([2H])c([2H])c4[2H])c4c([2H])c([2H])c([2H])c([2H])c34)c2-c2c([2H])c([2H])c([2H])c([2H])c2[2H])c([2H])c1[2H]. The fourth-order valence-electron chi connectivity index (χ4n) is 8.66. The topological polar surface area (TPSA) is 38.9 Å². The van der Waals surface area contributed by atoms with Gasteiger partial charge >= 0.3 is 0 Å². The van der Waals surface area contributed by atoms with E-state index in [2.05, 4.69) is 4.98 Å². The highest BCUT2D eigenvalue weighted by Crippen LogP contribution is 2.53. The van der Waals surface area contributed by atoms with Crippen molar-refractivity contribution in [2.24, 2.45) is 0 Å². The van der Waals surface area contributed by atoms with Crippen LogP contribution in [0, 0.1) is 0 Å². The van der Waals surface area contributed by atoms with E-state index in [1.807, 2.05) is 30.3 Å². The molecule has 0 aliphatic rings. The molecule has 0 atom stereocenters. The number of aromatic nitrogens is 2. The molecule has 0 unspecified atom stereocenters. The van der Waals surface area contributed by atoms with Crippen LogP contribution in [-0.4, -0.2) is 9.97 Å². The number of fused-ring (bicyclic) bond motifs is 6. The van der Waals surface area contributed by atoms with Gasteiger partial charge in [-0.25, -0.2) is 4.98 Å². The van der Waals surface area contributed by atoms with Crippen LogP contribution in [0.25, 0.3) is 133 Å². The number of furan rings is 1. The second kappa shape index (κ2) is 16.0. The Balaban J connectivity index is 1.24. The molecule has 3 heteroatoms. The third kappa shape index (κ3) is 6.43. The molecule has 0 bridgehead atoms. The predicted molar refractivity (Wildman–Crippen MR) is 280 cm³/mol. The zero-order valence-corrected chi connectivity index (χ0v) is 34.3. The first-order valence-corrected chi connectivity index (χ1v) is 20.6. The van der Waals surface area contributed by atoms with Crippen molar-refractivity contribution in [2.75, 3.05) is 0 Å². The van der Waals surface area contributed by atoms with Crippen molar-refractivity contribution in [3.63, 3.8) is 0 Å². The number of nitrogens with zero attached hydrogens (tertiary/aromatic N) is 2. The van der Waals surface area contributed by atoms with Crippen molar-refractivity contribution in [1.29, 1.82) is 0 Å². The van der Waals surface area contributed by atoms with E-state index in [0.29, 0.717) is 33.1 Å². The first-order chi connectivity index (χ1) is 44.5. The summed E-state index contributed by atoms with van der Waals surface area (Å²) < 4.78 is 258. The third-order valence-corrected chi connectivity index (χ3v) is 11.5. The Bertz CT molecular complexity index is 5470. The Morgan fingerprint density at radius 2 is 0.806 bits per heavy atom. The number of hydrogen-bond acceptors (Lipinski definition) is 3. The lowest BCUT2D eigenvalue weighted by Crippen LogP contribution is -1.91. The average molecular weight is 880 g/mol. The molecule has 0 N–H and O–H groups in total. The lowest BCUT2D eigenvalue weighted by atomic mass is 9.85. The highest BCUT2D eigenvalue weighted by molar-refractivity contribution is 6.23. The number of pyridine rings is 2. The summed E-state index contributed by atoms with van der Waals surface area (Å²) in [5.74, 6) is -2.04. The molecular weight excluding hydrogens is 813 g/mol. The molecule has 13 rings (SSSR count). The summed E-state index contributed by atoms with van der Waals surface area (Å²) in [5.41, 5.74) is -4.85. The van der Waals surface area contributed by atoms with Gasteiger partial charge in [0.05, 0.1) is 53.7 Å². The molecule has 0 spiro atoms. The van der Waals surface area contributed by atoms with Crippen molar-refractivity contribution in [3.8, 4) is 78.4 Å². The summed E-state index contributed by atoms with van der Waals surface area (Å²) in [5, 5.41) is -0.680. The quantitative estimate of drug-likeness (QED) is 0.118. The summed E-state index contributed by atoms with van der Waals surface area (Å²) in [6.45, 7) is 0. The predicted octanol–water partition coefficient (Wildman–Crippen LogP) is 17.5. The van der Waals surface area contributed by atoms with Crippen LogP contribution >= 0.6 is 0 Å². The third-order valence-electron chi connectivity index (χ3n) is 11.5. The molecule has 3 nitrogen and oxygen atoms in total. The summed E-state index contributed by atoms with van der Waals surface area (Å²) >= 11 is 0. The summed E-state index contributed by atoms with van der Waals surface area (Å²) in [6, 6.07) is -6.06. The van der Waals surface area contributed by atoms with Crippen LogP contribution in [0.2, 0.25) is 0 Å². The van der Waals surface area contributed by atoms with E-state index in [9.17, 15) is 19.2 Å². The van der Waals surface area contributed by atoms with Crippen molar-refractivity contribution in [3.05, 3.63) is 242 Å². The van der Waals surface area contributed by atoms with E-state index >= 15 is 0 Å². The van der Waals surface area contributed by atoms with E-state index in [1.165, 1.54) is 0 Å². The van der Waals surface area contributed by atoms with E-state index in [4.69, 9.17) is 27.2 Å². The molecule has 3 heterocycles. The van der Waals surface area contributed by atoms with Gasteiger partial charge in [-0.3, -0.25) is 4.98 Å². The fourth-order valence-corrected chi connectivity index (χ4v) is 8.66. The smallest absolute Gasteiger partial charge is 0.144 e. The van der Waals surface area contributed by atoms with Crippen LogP contribution in [0.15, 0.2) is 247 Å². The van der Waals surface area contributed by atoms with E-state index in [0.717, 1.165) is 10.8 Å². The normalized spacial score (nSPS) is 17.2. The molecule has 0 fully saturated rings. The Kier molecular flexibility index (Phi) is 4.78. The molecule has 0 aliphatic carbocycles. The van der Waals surface area contributed by atoms with Crippen LogP contribution < -0.4 is 0 Å². The molecule has 0 aliphatic heterocycles. The zero-order chi connectivity index (χ0) is 67.8. The molecule has 0 saturated heterocycles. The van der Waals surface area contributed by atoms with Crippen molar-refractivity contribution >= 4 is 54.1 Å². The standard InChI is InChI=1S/C64H40N2O/c1-4-17-42(18-5-1)57-52-26-12-14-28-54(52)60(55-29-15-13-27-53(55)57)64-59(44-21-8-3-9-22-44)58(43-19-6-2-7-20-43)63(67-64)47-34-30-41(31-35-47)48-37-38-51(50-25-11-10-24-49(48)50)56-39-36-46-33-32-45-23-16-40-65-61(45)62(46)66-56/h1-40H/i1D,2D,3D,4D,5D,6D,7D,8D,9D,12D,13D,14D,15D,17D,18D,19D,20D,21D,22D,26D,27D,28D,29D,30D,31D,34D,35D. The highest BCUT2D eigenvalue weighted by atomic mass is 16.3. The van der Waals surface area contributed by atoms with Gasteiger partial charge in [0.25, 0.3) is 0 Å². The van der Waals surface area contributed by atoms with Gasteiger partial charge in [-0.1, -0.05) is 224 Å². The van der Waals surface area contributed by atoms with Gasteiger partial charge in [-0.05, 0) is 77.8 Å². The highest BCUT2D eigenvalue weighted by Gasteiger charge is 2.28. The Labute approximate surface area is 425 Å². The van der Waals surface area contributed by atoms with E-state index in [1.54, 1.807) is 48.7 Å². The lowest BCUT2D eigenvalue weighted by molar-refractivity contribution is 0.600. The van der Waals surface area contributed by atoms with Crippen LogP contribution in [-0.2, 0) is 0 Å². The molecule has 67 heavy (non-hydrogen) atoms. The van der Waals surface area contributed by atoms with Crippen molar-refractivity contribution in [2.45, 2.75) is 0 Å². The summed E-state index contributed by atoms with van der Waals surface area (Å²) in [4.78, 5) is 9.63. The maximum absolute atomic E-state index is 10.0. The maximum Gasteiger partial charge on any atom is 0.144 e. The molecule has 13 aromatic rings. The first-order valence-electron chi connectivity index (χ1n) is 34.1. The second-order valence-electron chi connectivity index (χ2n) is 15.1. The van der Waals surface area contributed by atoms with Crippen molar-refractivity contribution < 1.29 is 41.4 Å². The number of hydrogen-bond donors (Lipinski definition) is 0. The zero-order valence-electron chi connectivity index (χ0n) is 61.3. The van der Waals surface area contributed by atoms with Crippen LogP contribution in [0.1, 0.15) is 37.0 Å². The average Bonchev–Trinajstić information content (AvgIpc) is 1.21. The fraction of sp³-hybridized carbons (Fsp3) is 0. The number of benzene rings is 10. The Morgan fingerprint density at radius 1 is 0.328 bits per heavy atom. The van der Waals surface area contributed by atoms with Crippen molar-refractivity contribution in [1.82, 2.24) is 9.97 Å². The van der Waals surface area contributed by atoms with Gasteiger partial charge < -0.3 is 4.42 Å². The number of rotatable bonds is 7. The molecule has 312 valence electrons. The van der Waals surface area contributed by atoms with Gasteiger partial charge in [-0.2, -0.15) is 0 Å². The van der Waals surface area contributed by atoms with Gasteiger partial charge in [-0.15, -0.1) is 0 Å². The van der Waals surface area contributed by atoms with Crippen LogP contribution in [0.3, 0.4) is 0 Å². The molecule has 3 aromatic heterocycles. The van der Waals surface area contributed by atoms with Crippen LogP contribution in [0.5, 0.6) is 0 Å². The first kappa shape index (κ1) is 20.1. The van der Waals surface area contributed by atoms with Gasteiger partial charge in [0.15, 0.2) is 0 Å². The van der Waals surface area contributed by atoms with Gasteiger partial charge in [0, 0.05) is 44.8 Å². The Hall–Kier alpha value is -8.92. The monoisotopic (exact) mass is 879 g/mol.